The fourth-order valence-corrected chi connectivity index (χ4v) is 0.900. The molecule has 0 unspecified atom stereocenters. The molecule has 0 spiro atoms. The van der Waals surface area contributed by atoms with Gasteiger partial charge in [0.1, 0.15) is 6.61 Å². The van der Waals surface area contributed by atoms with E-state index in [4.69, 9.17) is 9.47 Å². The van der Waals surface area contributed by atoms with E-state index < -0.39 is 5.95 Å². The third kappa shape index (κ3) is 4.18. The van der Waals surface area contributed by atoms with Gasteiger partial charge in [-0.2, -0.15) is 9.37 Å². The van der Waals surface area contributed by atoms with E-state index in [-0.39, 0.29) is 12.0 Å². The Morgan fingerprint density at radius 1 is 1.36 bits per heavy atom. The van der Waals surface area contributed by atoms with Gasteiger partial charge in [0, 0.05) is 6.07 Å². The van der Waals surface area contributed by atoms with Crippen LogP contribution in [0.25, 0.3) is 0 Å². The SMILES string of the molecule is CC(C)OCCOc1cccc(F)n1. The fourth-order valence-electron chi connectivity index (χ4n) is 0.900. The van der Waals surface area contributed by atoms with Crippen molar-refractivity contribution >= 4 is 0 Å². The number of hydrogen-bond acceptors (Lipinski definition) is 3. The largest absolute Gasteiger partial charge is 0.475 e. The summed E-state index contributed by atoms with van der Waals surface area (Å²) >= 11 is 0. The number of aromatic nitrogens is 1. The summed E-state index contributed by atoms with van der Waals surface area (Å²) in [5, 5.41) is 0. The van der Waals surface area contributed by atoms with Gasteiger partial charge in [-0.1, -0.05) is 6.07 Å². The van der Waals surface area contributed by atoms with E-state index in [2.05, 4.69) is 4.98 Å². The molecule has 0 fully saturated rings. The molecule has 0 aliphatic heterocycles. The molecule has 0 N–H and O–H groups in total. The number of hydrogen-bond donors (Lipinski definition) is 0. The third-order valence-corrected chi connectivity index (χ3v) is 1.47. The van der Waals surface area contributed by atoms with E-state index in [1.165, 1.54) is 6.07 Å². The highest BCUT2D eigenvalue weighted by molar-refractivity contribution is 5.10. The van der Waals surface area contributed by atoms with Crippen molar-refractivity contribution in [3.63, 3.8) is 0 Å². The monoisotopic (exact) mass is 199 g/mol. The van der Waals surface area contributed by atoms with Crippen LogP contribution in [0.3, 0.4) is 0 Å². The van der Waals surface area contributed by atoms with Gasteiger partial charge in [0.25, 0.3) is 0 Å². The van der Waals surface area contributed by atoms with Gasteiger partial charge in [0.05, 0.1) is 12.7 Å². The number of pyridine rings is 1. The molecule has 14 heavy (non-hydrogen) atoms. The lowest BCUT2D eigenvalue weighted by molar-refractivity contribution is 0.0540. The quantitative estimate of drug-likeness (QED) is 0.537. The van der Waals surface area contributed by atoms with Gasteiger partial charge in [0.15, 0.2) is 0 Å². The number of rotatable bonds is 5. The zero-order chi connectivity index (χ0) is 10.4. The van der Waals surface area contributed by atoms with E-state index in [1.54, 1.807) is 12.1 Å². The molecule has 78 valence electrons. The predicted molar refractivity (Wildman–Crippen MR) is 50.8 cm³/mol. The van der Waals surface area contributed by atoms with Gasteiger partial charge in [-0.25, -0.2) is 0 Å². The molecule has 0 aliphatic rings. The summed E-state index contributed by atoms with van der Waals surface area (Å²) in [6.45, 7) is 4.76. The Balaban J connectivity index is 2.25. The standard InChI is InChI=1S/C10H14FNO2/c1-8(2)13-6-7-14-10-5-3-4-9(11)12-10/h3-5,8H,6-7H2,1-2H3. The molecule has 0 aliphatic carbocycles. The second-order valence-corrected chi connectivity index (χ2v) is 3.07. The van der Waals surface area contributed by atoms with Crippen LogP contribution in [0.2, 0.25) is 0 Å². The Kier molecular flexibility index (Phi) is 4.32. The van der Waals surface area contributed by atoms with E-state index in [9.17, 15) is 4.39 Å². The van der Waals surface area contributed by atoms with Crippen LogP contribution in [-0.4, -0.2) is 24.3 Å². The van der Waals surface area contributed by atoms with Gasteiger partial charge >= 0.3 is 0 Å². The highest BCUT2D eigenvalue weighted by Crippen LogP contribution is 2.05. The molecule has 1 heterocycles. The first-order valence-electron chi connectivity index (χ1n) is 4.55. The molecule has 1 aromatic heterocycles. The van der Waals surface area contributed by atoms with Crippen molar-refractivity contribution in [1.29, 1.82) is 0 Å². The van der Waals surface area contributed by atoms with E-state index in [0.29, 0.717) is 13.2 Å². The number of ether oxygens (including phenoxy) is 2. The lowest BCUT2D eigenvalue weighted by Gasteiger charge is -2.08. The molecule has 0 bridgehead atoms. The summed E-state index contributed by atoms with van der Waals surface area (Å²) in [6.07, 6.45) is 0.180. The molecule has 3 nitrogen and oxygen atoms in total. The second kappa shape index (κ2) is 5.54. The maximum atomic E-state index is 12.6. The van der Waals surface area contributed by atoms with Gasteiger partial charge in [-0.3, -0.25) is 0 Å². The average Bonchev–Trinajstić information content (AvgIpc) is 2.12. The lowest BCUT2D eigenvalue weighted by atomic mass is 10.5. The summed E-state index contributed by atoms with van der Waals surface area (Å²) in [7, 11) is 0. The summed E-state index contributed by atoms with van der Waals surface area (Å²) in [5.74, 6) is -0.246. The predicted octanol–water partition coefficient (Wildman–Crippen LogP) is 2.02. The fraction of sp³-hybridized carbons (Fsp3) is 0.500. The molecule has 0 aromatic carbocycles. The normalized spacial score (nSPS) is 10.6. The van der Waals surface area contributed by atoms with Crippen molar-refractivity contribution in [1.82, 2.24) is 4.98 Å². The van der Waals surface area contributed by atoms with Crippen LogP contribution in [0, 0.1) is 5.95 Å². The average molecular weight is 199 g/mol. The van der Waals surface area contributed by atoms with Crippen LogP contribution in [0.15, 0.2) is 18.2 Å². The third-order valence-electron chi connectivity index (χ3n) is 1.47. The maximum Gasteiger partial charge on any atom is 0.216 e. The van der Waals surface area contributed by atoms with Gasteiger partial charge < -0.3 is 9.47 Å². The van der Waals surface area contributed by atoms with E-state index in [1.807, 2.05) is 13.8 Å². The topological polar surface area (TPSA) is 31.4 Å². The summed E-state index contributed by atoms with van der Waals surface area (Å²) in [6, 6.07) is 4.44. The van der Waals surface area contributed by atoms with Gasteiger partial charge in [-0.15, -0.1) is 0 Å². The summed E-state index contributed by atoms with van der Waals surface area (Å²) in [4.78, 5) is 3.55. The zero-order valence-electron chi connectivity index (χ0n) is 8.37. The van der Waals surface area contributed by atoms with E-state index in [0.717, 1.165) is 0 Å². The maximum absolute atomic E-state index is 12.6. The molecular formula is C10H14FNO2. The molecular weight excluding hydrogens is 185 g/mol. The van der Waals surface area contributed by atoms with Crippen LogP contribution in [-0.2, 0) is 4.74 Å². The van der Waals surface area contributed by atoms with Crippen molar-refractivity contribution in [2.45, 2.75) is 20.0 Å². The van der Waals surface area contributed by atoms with Crippen molar-refractivity contribution < 1.29 is 13.9 Å². The van der Waals surface area contributed by atoms with Crippen LogP contribution in [0.1, 0.15) is 13.8 Å². The molecule has 0 saturated heterocycles. The van der Waals surface area contributed by atoms with Gasteiger partial charge in [0.2, 0.25) is 11.8 Å². The minimum absolute atomic E-state index is 0.180. The first kappa shape index (κ1) is 10.9. The molecule has 0 saturated carbocycles. The summed E-state index contributed by atoms with van der Waals surface area (Å²) in [5.41, 5.74) is 0. The second-order valence-electron chi connectivity index (χ2n) is 3.07. The van der Waals surface area contributed by atoms with E-state index >= 15 is 0 Å². The minimum Gasteiger partial charge on any atom is -0.475 e. The molecule has 0 atom stereocenters. The number of halogens is 1. The Bertz CT molecular complexity index is 279. The summed E-state index contributed by atoms with van der Waals surface area (Å²) < 4.78 is 23.0. The first-order chi connectivity index (χ1) is 6.68. The smallest absolute Gasteiger partial charge is 0.216 e. The van der Waals surface area contributed by atoms with Crippen molar-refractivity contribution in [2.24, 2.45) is 0 Å². The Morgan fingerprint density at radius 3 is 2.79 bits per heavy atom. The van der Waals surface area contributed by atoms with Crippen LogP contribution < -0.4 is 4.74 Å². The number of nitrogens with zero attached hydrogens (tertiary/aromatic N) is 1. The van der Waals surface area contributed by atoms with Crippen LogP contribution in [0.5, 0.6) is 5.88 Å². The minimum atomic E-state index is -0.535. The van der Waals surface area contributed by atoms with Crippen LogP contribution >= 0.6 is 0 Å². The Labute approximate surface area is 82.9 Å². The lowest BCUT2D eigenvalue weighted by Crippen LogP contribution is -2.11. The molecule has 1 aromatic rings. The Morgan fingerprint density at radius 2 is 2.14 bits per heavy atom. The first-order valence-corrected chi connectivity index (χ1v) is 4.55. The Hall–Kier alpha value is -1.16. The molecule has 1 rings (SSSR count). The molecule has 0 radical (unpaired) electrons. The molecule has 0 amide bonds. The van der Waals surface area contributed by atoms with Crippen molar-refractivity contribution in [3.05, 3.63) is 24.1 Å². The van der Waals surface area contributed by atoms with Gasteiger partial charge in [-0.05, 0) is 19.9 Å². The van der Waals surface area contributed by atoms with Crippen molar-refractivity contribution in [3.8, 4) is 5.88 Å². The highest BCUT2D eigenvalue weighted by atomic mass is 19.1. The highest BCUT2D eigenvalue weighted by Gasteiger charge is 1.98. The van der Waals surface area contributed by atoms with Crippen molar-refractivity contribution in [2.75, 3.05) is 13.2 Å². The molecule has 4 heteroatoms. The van der Waals surface area contributed by atoms with Crippen LogP contribution in [0.4, 0.5) is 4.39 Å². The zero-order valence-corrected chi connectivity index (χ0v) is 8.37.